The molecule has 1 aromatic carbocycles. The molecular formula is C14H21BrN2O2S. The van der Waals surface area contributed by atoms with E-state index in [2.05, 4.69) is 20.8 Å². The Balaban J connectivity index is 1.86. The zero-order valence-electron chi connectivity index (χ0n) is 11.5. The molecule has 112 valence electrons. The quantitative estimate of drug-likeness (QED) is 0.891. The van der Waals surface area contributed by atoms with Crippen molar-refractivity contribution >= 4 is 25.8 Å². The van der Waals surface area contributed by atoms with E-state index in [-0.39, 0.29) is 11.8 Å². The van der Waals surface area contributed by atoms with E-state index in [9.17, 15) is 8.42 Å². The summed E-state index contributed by atoms with van der Waals surface area (Å²) >= 11 is 3.45. The highest BCUT2D eigenvalue weighted by atomic mass is 79.9. The SMILES string of the molecule is NC(CCN1CCCS(=O)(=O)CC1)c1cccc(Br)c1. The van der Waals surface area contributed by atoms with Crippen LogP contribution in [0.1, 0.15) is 24.4 Å². The molecule has 1 aliphatic heterocycles. The molecule has 1 heterocycles. The van der Waals surface area contributed by atoms with Crippen LogP contribution in [0, 0.1) is 0 Å². The highest BCUT2D eigenvalue weighted by Gasteiger charge is 2.19. The third-order valence-corrected chi connectivity index (χ3v) is 5.89. The van der Waals surface area contributed by atoms with Crippen LogP contribution in [0.2, 0.25) is 0 Å². The molecule has 0 bridgehead atoms. The number of halogens is 1. The molecule has 1 unspecified atom stereocenters. The third-order valence-electron chi connectivity index (χ3n) is 3.68. The van der Waals surface area contributed by atoms with Gasteiger partial charge in [0, 0.05) is 17.1 Å². The molecule has 1 fully saturated rings. The van der Waals surface area contributed by atoms with Gasteiger partial charge in [-0.25, -0.2) is 8.42 Å². The van der Waals surface area contributed by atoms with E-state index in [0.717, 1.165) is 36.0 Å². The van der Waals surface area contributed by atoms with Crippen molar-refractivity contribution in [3.05, 3.63) is 34.3 Å². The molecule has 0 spiro atoms. The Morgan fingerprint density at radius 2 is 2.10 bits per heavy atom. The summed E-state index contributed by atoms with van der Waals surface area (Å²) in [5, 5.41) is 0. The molecule has 0 aromatic heterocycles. The molecule has 1 aliphatic rings. The van der Waals surface area contributed by atoms with Gasteiger partial charge in [0.15, 0.2) is 9.84 Å². The molecule has 0 amide bonds. The van der Waals surface area contributed by atoms with Crippen molar-refractivity contribution in [1.82, 2.24) is 4.90 Å². The van der Waals surface area contributed by atoms with Crippen LogP contribution in [0.5, 0.6) is 0 Å². The standard InChI is InChI=1S/C14H21BrN2O2S/c15-13-4-1-3-12(11-13)14(16)5-7-17-6-2-9-20(18,19)10-8-17/h1,3-4,11,14H,2,5-10,16H2. The summed E-state index contributed by atoms with van der Waals surface area (Å²) < 4.78 is 24.1. The second-order valence-electron chi connectivity index (χ2n) is 5.30. The van der Waals surface area contributed by atoms with Crippen LogP contribution in [0.4, 0.5) is 0 Å². The molecule has 20 heavy (non-hydrogen) atoms. The average Bonchev–Trinajstić information content (AvgIpc) is 2.57. The molecular weight excluding hydrogens is 340 g/mol. The van der Waals surface area contributed by atoms with E-state index in [1.165, 1.54) is 0 Å². The Hall–Kier alpha value is -0.430. The van der Waals surface area contributed by atoms with Gasteiger partial charge in [-0.3, -0.25) is 0 Å². The molecule has 0 radical (unpaired) electrons. The number of hydrogen-bond donors (Lipinski definition) is 1. The third kappa shape index (κ3) is 4.84. The first-order valence-corrected chi connectivity index (χ1v) is 9.51. The lowest BCUT2D eigenvalue weighted by Gasteiger charge is -2.21. The maximum Gasteiger partial charge on any atom is 0.151 e. The number of nitrogens with two attached hydrogens (primary N) is 1. The Labute approximate surface area is 129 Å². The molecule has 2 N–H and O–H groups in total. The van der Waals surface area contributed by atoms with E-state index in [4.69, 9.17) is 5.73 Å². The van der Waals surface area contributed by atoms with Crippen molar-refractivity contribution < 1.29 is 8.42 Å². The highest BCUT2D eigenvalue weighted by Crippen LogP contribution is 2.19. The predicted molar refractivity (Wildman–Crippen MR) is 85.4 cm³/mol. The fourth-order valence-corrected chi connectivity index (χ4v) is 4.17. The normalized spacial score (nSPS) is 21.3. The van der Waals surface area contributed by atoms with E-state index >= 15 is 0 Å². The number of rotatable bonds is 4. The topological polar surface area (TPSA) is 63.4 Å². The molecule has 0 saturated carbocycles. The first-order chi connectivity index (χ1) is 9.46. The fourth-order valence-electron chi connectivity index (χ4n) is 2.44. The van der Waals surface area contributed by atoms with Gasteiger partial charge in [-0.2, -0.15) is 0 Å². The summed E-state index contributed by atoms with van der Waals surface area (Å²) in [6.45, 7) is 2.33. The molecule has 0 aliphatic carbocycles. The smallest absolute Gasteiger partial charge is 0.151 e. The van der Waals surface area contributed by atoms with Crippen LogP contribution in [0.3, 0.4) is 0 Å². The van der Waals surface area contributed by atoms with E-state index in [1.807, 2.05) is 24.3 Å². The van der Waals surface area contributed by atoms with Gasteiger partial charge in [-0.1, -0.05) is 28.1 Å². The Morgan fingerprint density at radius 3 is 2.85 bits per heavy atom. The minimum atomic E-state index is -2.83. The van der Waals surface area contributed by atoms with E-state index < -0.39 is 9.84 Å². The molecule has 1 aromatic rings. The lowest BCUT2D eigenvalue weighted by Crippen LogP contribution is -2.30. The average molecular weight is 361 g/mol. The van der Waals surface area contributed by atoms with Crippen molar-refractivity contribution in [1.29, 1.82) is 0 Å². The largest absolute Gasteiger partial charge is 0.324 e. The van der Waals surface area contributed by atoms with Gasteiger partial charge in [0.1, 0.15) is 0 Å². The van der Waals surface area contributed by atoms with Gasteiger partial charge in [0.25, 0.3) is 0 Å². The lowest BCUT2D eigenvalue weighted by molar-refractivity contribution is 0.283. The summed E-state index contributed by atoms with van der Waals surface area (Å²) in [5.41, 5.74) is 7.32. The zero-order valence-corrected chi connectivity index (χ0v) is 13.9. The molecule has 2 rings (SSSR count). The summed E-state index contributed by atoms with van der Waals surface area (Å²) in [4.78, 5) is 2.21. The molecule has 1 atom stereocenters. The Morgan fingerprint density at radius 1 is 1.30 bits per heavy atom. The summed E-state index contributed by atoms with van der Waals surface area (Å²) in [7, 11) is -2.83. The number of nitrogens with zero attached hydrogens (tertiary/aromatic N) is 1. The minimum absolute atomic E-state index is 0.00707. The summed E-state index contributed by atoms with van der Waals surface area (Å²) in [6.07, 6.45) is 1.57. The van der Waals surface area contributed by atoms with Crippen LogP contribution in [0.15, 0.2) is 28.7 Å². The Bertz CT molecular complexity index is 548. The summed E-state index contributed by atoms with van der Waals surface area (Å²) in [6, 6.07) is 8.03. The minimum Gasteiger partial charge on any atom is -0.324 e. The van der Waals surface area contributed by atoms with Gasteiger partial charge >= 0.3 is 0 Å². The first-order valence-electron chi connectivity index (χ1n) is 6.90. The van der Waals surface area contributed by atoms with E-state index in [0.29, 0.717) is 12.3 Å². The van der Waals surface area contributed by atoms with Crippen molar-refractivity contribution in [2.75, 3.05) is 31.1 Å². The zero-order chi connectivity index (χ0) is 14.6. The number of hydrogen-bond acceptors (Lipinski definition) is 4. The Kier molecular flexibility index (Phi) is 5.60. The van der Waals surface area contributed by atoms with Crippen molar-refractivity contribution in [3.8, 4) is 0 Å². The highest BCUT2D eigenvalue weighted by molar-refractivity contribution is 9.10. The van der Waals surface area contributed by atoms with Gasteiger partial charge in [-0.05, 0) is 43.6 Å². The maximum atomic E-state index is 11.6. The van der Waals surface area contributed by atoms with Gasteiger partial charge in [0.2, 0.25) is 0 Å². The monoisotopic (exact) mass is 360 g/mol. The molecule has 6 heteroatoms. The van der Waals surface area contributed by atoms with Crippen molar-refractivity contribution in [3.63, 3.8) is 0 Å². The maximum absolute atomic E-state index is 11.6. The second-order valence-corrected chi connectivity index (χ2v) is 8.52. The van der Waals surface area contributed by atoms with E-state index in [1.54, 1.807) is 0 Å². The fraction of sp³-hybridized carbons (Fsp3) is 0.571. The molecule has 1 saturated heterocycles. The first kappa shape index (κ1) is 15.9. The number of benzene rings is 1. The van der Waals surface area contributed by atoms with Crippen LogP contribution >= 0.6 is 15.9 Å². The number of sulfone groups is 1. The van der Waals surface area contributed by atoms with Gasteiger partial charge < -0.3 is 10.6 Å². The predicted octanol–water partition coefficient (Wildman–Crippen LogP) is 1.96. The van der Waals surface area contributed by atoms with Crippen LogP contribution in [0.25, 0.3) is 0 Å². The van der Waals surface area contributed by atoms with Crippen LogP contribution in [-0.2, 0) is 9.84 Å². The van der Waals surface area contributed by atoms with Crippen LogP contribution in [-0.4, -0.2) is 44.5 Å². The summed E-state index contributed by atoms with van der Waals surface area (Å²) in [5.74, 6) is 0.598. The molecule has 4 nitrogen and oxygen atoms in total. The van der Waals surface area contributed by atoms with Crippen LogP contribution < -0.4 is 5.73 Å². The lowest BCUT2D eigenvalue weighted by atomic mass is 10.0. The van der Waals surface area contributed by atoms with Gasteiger partial charge in [0.05, 0.1) is 11.5 Å². The van der Waals surface area contributed by atoms with Crippen molar-refractivity contribution in [2.45, 2.75) is 18.9 Å². The van der Waals surface area contributed by atoms with Crippen molar-refractivity contribution in [2.24, 2.45) is 5.73 Å². The second kappa shape index (κ2) is 7.02. The van der Waals surface area contributed by atoms with Gasteiger partial charge in [-0.15, -0.1) is 0 Å².